The lowest BCUT2D eigenvalue weighted by Gasteiger charge is -2.11. The van der Waals surface area contributed by atoms with Crippen molar-refractivity contribution in [3.63, 3.8) is 0 Å². The molecule has 0 unspecified atom stereocenters. The Hall–Kier alpha value is -1.36. The molecule has 0 bridgehead atoms. The van der Waals surface area contributed by atoms with Gasteiger partial charge in [0.1, 0.15) is 0 Å². The molecule has 0 amide bonds. The first-order chi connectivity index (χ1) is 7.65. The van der Waals surface area contributed by atoms with Crippen molar-refractivity contribution >= 4 is 17.3 Å². The zero-order valence-corrected chi connectivity index (χ0v) is 10.6. The fraction of sp³-hybridized carbons (Fsp3) is 0.455. The summed E-state index contributed by atoms with van der Waals surface area (Å²) in [6.07, 6.45) is 3.96. The lowest BCUT2D eigenvalue weighted by Crippen LogP contribution is -2.14. The highest BCUT2D eigenvalue weighted by molar-refractivity contribution is 7.09. The van der Waals surface area contributed by atoms with Gasteiger partial charge in [0.05, 0.1) is 17.7 Å². The monoisotopic (exact) mass is 236 g/mol. The summed E-state index contributed by atoms with van der Waals surface area (Å²) in [6.45, 7) is 7.07. The molecule has 0 saturated heterocycles. The number of hydrogen-bond donors (Lipinski definition) is 1. The number of aromatic nitrogens is 3. The molecule has 0 aromatic carbocycles. The van der Waals surface area contributed by atoms with Crippen LogP contribution in [0.15, 0.2) is 17.9 Å². The summed E-state index contributed by atoms with van der Waals surface area (Å²) < 4.78 is 2.13. The minimum atomic E-state index is 0.391. The van der Waals surface area contributed by atoms with Gasteiger partial charge in [-0.2, -0.15) is 0 Å². The predicted molar refractivity (Wildman–Crippen MR) is 66.9 cm³/mol. The molecule has 2 aromatic heterocycles. The van der Waals surface area contributed by atoms with E-state index in [1.54, 1.807) is 11.3 Å². The Morgan fingerprint density at radius 1 is 1.50 bits per heavy atom. The zero-order chi connectivity index (χ0) is 11.5. The maximum atomic E-state index is 4.47. The number of thiazole rings is 1. The van der Waals surface area contributed by atoms with E-state index in [0.717, 1.165) is 18.2 Å². The average molecular weight is 236 g/mol. The topological polar surface area (TPSA) is 42.7 Å². The Bertz CT molecular complexity index is 445. The number of imidazole rings is 1. The standard InChI is InChI=1S/C11H16N4S/c1-8(2)13-11-14-9(3)5-15(11)6-10-4-12-7-16-10/h4-5,7-8H,6H2,1-3H3,(H,13,14). The molecule has 0 spiro atoms. The Balaban J connectivity index is 2.19. The highest BCUT2D eigenvalue weighted by Gasteiger charge is 2.07. The largest absolute Gasteiger partial charge is 0.353 e. The van der Waals surface area contributed by atoms with E-state index in [2.05, 4.69) is 39.9 Å². The van der Waals surface area contributed by atoms with Crippen LogP contribution in [0.25, 0.3) is 0 Å². The van der Waals surface area contributed by atoms with E-state index < -0.39 is 0 Å². The summed E-state index contributed by atoms with van der Waals surface area (Å²) in [5, 5.41) is 3.34. The molecule has 2 aromatic rings. The second-order valence-electron chi connectivity index (χ2n) is 4.10. The normalized spacial score (nSPS) is 11.0. The summed E-state index contributed by atoms with van der Waals surface area (Å²) in [5.41, 5.74) is 2.89. The van der Waals surface area contributed by atoms with Crippen LogP contribution >= 0.6 is 11.3 Å². The molecule has 0 atom stereocenters. The second-order valence-corrected chi connectivity index (χ2v) is 5.07. The molecule has 86 valence electrons. The summed E-state index contributed by atoms with van der Waals surface area (Å²) in [6, 6.07) is 0.391. The smallest absolute Gasteiger partial charge is 0.203 e. The van der Waals surface area contributed by atoms with Crippen LogP contribution in [0.3, 0.4) is 0 Å². The number of nitrogens with zero attached hydrogens (tertiary/aromatic N) is 3. The Kier molecular flexibility index (Phi) is 3.24. The Labute approximate surface area is 99.4 Å². The molecular weight excluding hydrogens is 220 g/mol. The van der Waals surface area contributed by atoms with Gasteiger partial charge < -0.3 is 9.88 Å². The van der Waals surface area contributed by atoms with E-state index in [9.17, 15) is 0 Å². The van der Waals surface area contributed by atoms with Gasteiger partial charge in [-0.15, -0.1) is 11.3 Å². The third kappa shape index (κ3) is 2.61. The van der Waals surface area contributed by atoms with E-state index in [4.69, 9.17) is 0 Å². The van der Waals surface area contributed by atoms with Gasteiger partial charge in [-0.3, -0.25) is 4.98 Å². The van der Waals surface area contributed by atoms with Crippen molar-refractivity contribution in [3.8, 4) is 0 Å². The van der Waals surface area contributed by atoms with E-state index in [1.807, 2.05) is 18.6 Å². The van der Waals surface area contributed by atoms with Gasteiger partial charge in [-0.25, -0.2) is 4.98 Å². The summed E-state index contributed by atoms with van der Waals surface area (Å²) in [5.74, 6) is 0.931. The molecule has 0 radical (unpaired) electrons. The van der Waals surface area contributed by atoms with Crippen molar-refractivity contribution in [2.45, 2.75) is 33.4 Å². The molecule has 5 heteroatoms. The third-order valence-electron chi connectivity index (χ3n) is 2.12. The van der Waals surface area contributed by atoms with Crippen molar-refractivity contribution in [1.29, 1.82) is 0 Å². The number of hydrogen-bond acceptors (Lipinski definition) is 4. The van der Waals surface area contributed by atoms with Gasteiger partial charge in [0.15, 0.2) is 0 Å². The summed E-state index contributed by atoms with van der Waals surface area (Å²) in [4.78, 5) is 9.79. The Morgan fingerprint density at radius 3 is 2.94 bits per heavy atom. The maximum Gasteiger partial charge on any atom is 0.203 e. The second kappa shape index (κ2) is 4.65. The molecule has 0 saturated carbocycles. The predicted octanol–water partition coefficient (Wildman–Crippen LogP) is 2.52. The molecule has 4 nitrogen and oxygen atoms in total. The van der Waals surface area contributed by atoms with Gasteiger partial charge in [0.2, 0.25) is 5.95 Å². The van der Waals surface area contributed by atoms with Crippen molar-refractivity contribution < 1.29 is 0 Å². The van der Waals surface area contributed by atoms with Crippen LogP contribution < -0.4 is 5.32 Å². The van der Waals surface area contributed by atoms with Crippen LogP contribution in [0.1, 0.15) is 24.4 Å². The van der Waals surface area contributed by atoms with Gasteiger partial charge >= 0.3 is 0 Å². The number of rotatable bonds is 4. The third-order valence-corrected chi connectivity index (χ3v) is 2.89. The van der Waals surface area contributed by atoms with Crippen LogP contribution in [0.2, 0.25) is 0 Å². The van der Waals surface area contributed by atoms with Crippen LogP contribution in [0, 0.1) is 6.92 Å². The number of anilines is 1. The molecular formula is C11H16N4S. The lowest BCUT2D eigenvalue weighted by molar-refractivity contribution is 0.781. The zero-order valence-electron chi connectivity index (χ0n) is 9.77. The van der Waals surface area contributed by atoms with E-state index >= 15 is 0 Å². The lowest BCUT2D eigenvalue weighted by atomic mass is 10.4. The first-order valence-corrected chi connectivity index (χ1v) is 6.21. The molecule has 16 heavy (non-hydrogen) atoms. The van der Waals surface area contributed by atoms with E-state index in [-0.39, 0.29) is 0 Å². The van der Waals surface area contributed by atoms with Gasteiger partial charge in [-0.05, 0) is 20.8 Å². The molecule has 2 rings (SSSR count). The highest BCUT2D eigenvalue weighted by atomic mass is 32.1. The van der Waals surface area contributed by atoms with Gasteiger partial charge in [0.25, 0.3) is 0 Å². The van der Waals surface area contributed by atoms with Crippen LogP contribution in [-0.4, -0.2) is 20.6 Å². The van der Waals surface area contributed by atoms with Crippen molar-refractivity contribution in [3.05, 3.63) is 28.5 Å². The number of nitrogens with one attached hydrogen (secondary N) is 1. The first-order valence-electron chi connectivity index (χ1n) is 5.33. The highest BCUT2D eigenvalue weighted by Crippen LogP contribution is 2.14. The molecule has 0 aliphatic heterocycles. The quantitative estimate of drug-likeness (QED) is 0.887. The number of aryl methyl sites for hydroxylation is 1. The Morgan fingerprint density at radius 2 is 2.31 bits per heavy atom. The molecule has 2 heterocycles. The van der Waals surface area contributed by atoms with Crippen molar-refractivity contribution in [2.24, 2.45) is 0 Å². The van der Waals surface area contributed by atoms with Crippen LogP contribution in [-0.2, 0) is 6.54 Å². The molecule has 0 aliphatic rings. The minimum Gasteiger partial charge on any atom is -0.353 e. The first kappa shape index (κ1) is 11.1. The minimum absolute atomic E-state index is 0.391. The fourth-order valence-corrected chi connectivity index (χ4v) is 2.12. The summed E-state index contributed by atoms with van der Waals surface area (Å²) >= 11 is 1.67. The SMILES string of the molecule is Cc1cn(Cc2cncs2)c(NC(C)C)n1. The average Bonchev–Trinajstić information content (AvgIpc) is 2.77. The van der Waals surface area contributed by atoms with Crippen molar-refractivity contribution in [2.75, 3.05) is 5.32 Å². The van der Waals surface area contributed by atoms with E-state index in [0.29, 0.717) is 6.04 Å². The molecule has 0 aliphatic carbocycles. The van der Waals surface area contributed by atoms with Gasteiger partial charge in [-0.1, -0.05) is 0 Å². The summed E-state index contributed by atoms with van der Waals surface area (Å²) in [7, 11) is 0. The van der Waals surface area contributed by atoms with Crippen molar-refractivity contribution in [1.82, 2.24) is 14.5 Å². The molecule has 1 N–H and O–H groups in total. The fourth-order valence-electron chi connectivity index (χ4n) is 1.53. The maximum absolute atomic E-state index is 4.47. The van der Waals surface area contributed by atoms with Crippen LogP contribution in [0.4, 0.5) is 5.95 Å². The van der Waals surface area contributed by atoms with Gasteiger partial charge in [0, 0.05) is 23.3 Å². The van der Waals surface area contributed by atoms with Crippen LogP contribution in [0.5, 0.6) is 0 Å². The van der Waals surface area contributed by atoms with E-state index in [1.165, 1.54) is 4.88 Å². The molecule has 0 fully saturated rings.